The summed E-state index contributed by atoms with van der Waals surface area (Å²) in [6.45, 7) is 2.19. The molecule has 1 N–H and O–H groups in total. The minimum atomic E-state index is -0.224. The van der Waals surface area contributed by atoms with Gasteiger partial charge in [0.2, 0.25) is 0 Å². The second-order valence-corrected chi connectivity index (χ2v) is 5.46. The van der Waals surface area contributed by atoms with E-state index in [1.807, 2.05) is 18.2 Å². The summed E-state index contributed by atoms with van der Waals surface area (Å²) in [4.78, 5) is 0. The molecule has 0 bridgehead atoms. The molecule has 3 unspecified atom stereocenters. The van der Waals surface area contributed by atoms with Crippen LogP contribution in [0.4, 0.5) is 0 Å². The predicted molar refractivity (Wildman–Crippen MR) is 67.7 cm³/mol. The summed E-state index contributed by atoms with van der Waals surface area (Å²) >= 11 is 3.51. The van der Waals surface area contributed by atoms with Gasteiger partial charge in [0, 0.05) is 4.47 Å². The van der Waals surface area contributed by atoms with Crippen LogP contribution in [0, 0.1) is 11.8 Å². The van der Waals surface area contributed by atoms with E-state index in [9.17, 15) is 5.11 Å². The van der Waals surface area contributed by atoms with Crippen molar-refractivity contribution in [3.05, 3.63) is 28.2 Å². The number of benzene rings is 1. The fourth-order valence-corrected chi connectivity index (χ4v) is 2.51. The van der Waals surface area contributed by atoms with E-state index in [4.69, 9.17) is 4.74 Å². The number of hydrogen-bond donors (Lipinski definition) is 1. The predicted octanol–water partition coefficient (Wildman–Crippen LogP) is 3.02. The first kappa shape index (κ1) is 11.9. The zero-order valence-electron chi connectivity index (χ0n) is 9.61. The lowest BCUT2D eigenvalue weighted by atomic mass is 10.0. The Kier molecular flexibility index (Phi) is 3.55. The van der Waals surface area contributed by atoms with Crippen LogP contribution in [-0.4, -0.2) is 18.3 Å². The Bertz CT molecular complexity index is 378. The van der Waals surface area contributed by atoms with E-state index in [0.29, 0.717) is 18.3 Å². The van der Waals surface area contributed by atoms with Gasteiger partial charge in [0.1, 0.15) is 5.75 Å². The number of aliphatic hydroxyl groups excluding tert-OH is 1. The lowest BCUT2D eigenvalue weighted by Crippen LogP contribution is -2.14. The van der Waals surface area contributed by atoms with E-state index in [-0.39, 0.29) is 6.10 Å². The molecule has 0 amide bonds. The highest BCUT2D eigenvalue weighted by Crippen LogP contribution is 2.42. The second kappa shape index (κ2) is 4.76. The van der Waals surface area contributed by atoms with Crippen molar-refractivity contribution in [2.24, 2.45) is 11.8 Å². The fraction of sp³-hybridized carbons (Fsp3) is 0.538. The van der Waals surface area contributed by atoms with E-state index in [2.05, 4.69) is 22.9 Å². The molecule has 2 nitrogen and oxygen atoms in total. The zero-order chi connectivity index (χ0) is 11.7. The highest BCUT2D eigenvalue weighted by molar-refractivity contribution is 9.10. The van der Waals surface area contributed by atoms with Crippen LogP contribution < -0.4 is 4.74 Å². The Morgan fingerprint density at radius 1 is 1.56 bits per heavy atom. The molecule has 1 saturated carbocycles. The van der Waals surface area contributed by atoms with Gasteiger partial charge in [-0.1, -0.05) is 22.9 Å². The van der Waals surface area contributed by atoms with E-state index >= 15 is 0 Å². The summed E-state index contributed by atoms with van der Waals surface area (Å²) in [5, 5.41) is 10.0. The molecule has 1 aromatic rings. The Labute approximate surface area is 105 Å². The van der Waals surface area contributed by atoms with Gasteiger partial charge < -0.3 is 9.84 Å². The average molecular weight is 285 g/mol. The van der Waals surface area contributed by atoms with Crippen LogP contribution in [0.2, 0.25) is 0 Å². The average Bonchev–Trinajstić information content (AvgIpc) is 2.99. The molecule has 3 atom stereocenters. The van der Waals surface area contributed by atoms with Crippen molar-refractivity contribution in [2.75, 3.05) is 7.11 Å². The van der Waals surface area contributed by atoms with Gasteiger partial charge in [0.05, 0.1) is 13.2 Å². The molecule has 16 heavy (non-hydrogen) atoms. The molecule has 1 aliphatic rings. The SMILES string of the molecule is COc1ccc(Br)c(CC(O)C2CC2C)c1. The van der Waals surface area contributed by atoms with Crippen LogP contribution in [0.5, 0.6) is 5.75 Å². The lowest BCUT2D eigenvalue weighted by Gasteiger charge is -2.12. The zero-order valence-corrected chi connectivity index (χ0v) is 11.2. The molecule has 0 aliphatic heterocycles. The van der Waals surface area contributed by atoms with Crippen molar-refractivity contribution in [2.45, 2.75) is 25.9 Å². The highest BCUT2D eigenvalue weighted by atomic mass is 79.9. The van der Waals surface area contributed by atoms with Crippen LogP contribution in [0.1, 0.15) is 18.9 Å². The third kappa shape index (κ3) is 2.58. The standard InChI is InChI=1S/C13H17BrO2/c1-8-5-11(8)13(15)7-9-6-10(16-2)3-4-12(9)14/h3-4,6,8,11,13,15H,5,7H2,1-2H3. The largest absolute Gasteiger partial charge is 0.497 e. The minimum absolute atomic E-state index is 0.224. The minimum Gasteiger partial charge on any atom is -0.497 e. The molecule has 1 aromatic carbocycles. The van der Waals surface area contributed by atoms with E-state index in [0.717, 1.165) is 22.2 Å². The van der Waals surface area contributed by atoms with Crippen LogP contribution >= 0.6 is 15.9 Å². The summed E-state index contributed by atoms with van der Waals surface area (Å²) < 4.78 is 6.23. The molecule has 2 rings (SSSR count). The Hall–Kier alpha value is -0.540. The quantitative estimate of drug-likeness (QED) is 0.921. The number of halogens is 1. The van der Waals surface area contributed by atoms with Crippen LogP contribution in [0.25, 0.3) is 0 Å². The summed E-state index contributed by atoms with van der Waals surface area (Å²) in [7, 11) is 1.66. The molecule has 0 saturated heterocycles. The van der Waals surface area contributed by atoms with Crippen LogP contribution in [0.3, 0.4) is 0 Å². The van der Waals surface area contributed by atoms with E-state index in [1.165, 1.54) is 0 Å². The summed E-state index contributed by atoms with van der Waals surface area (Å²) in [5.41, 5.74) is 1.12. The van der Waals surface area contributed by atoms with Gasteiger partial charge in [0.25, 0.3) is 0 Å². The lowest BCUT2D eigenvalue weighted by molar-refractivity contribution is 0.146. The fourth-order valence-electron chi connectivity index (χ4n) is 2.10. The maximum absolute atomic E-state index is 10.0. The first-order valence-electron chi connectivity index (χ1n) is 5.62. The Morgan fingerprint density at radius 3 is 2.81 bits per heavy atom. The molecule has 1 fully saturated rings. The molecular formula is C13H17BrO2. The molecule has 1 aliphatic carbocycles. The molecule has 3 heteroatoms. The normalized spacial score (nSPS) is 25.2. The highest BCUT2D eigenvalue weighted by Gasteiger charge is 2.38. The summed E-state index contributed by atoms with van der Waals surface area (Å²) in [6, 6.07) is 5.87. The third-order valence-corrected chi connectivity index (χ3v) is 4.12. The molecule has 0 heterocycles. The number of aliphatic hydroxyl groups is 1. The maximum Gasteiger partial charge on any atom is 0.119 e. The smallest absolute Gasteiger partial charge is 0.119 e. The number of methoxy groups -OCH3 is 1. The van der Waals surface area contributed by atoms with Gasteiger partial charge in [-0.25, -0.2) is 0 Å². The summed E-state index contributed by atoms with van der Waals surface area (Å²) in [5.74, 6) is 2.01. The molecular weight excluding hydrogens is 268 g/mol. The van der Waals surface area contributed by atoms with Gasteiger partial charge in [0.15, 0.2) is 0 Å². The topological polar surface area (TPSA) is 29.5 Å². The van der Waals surface area contributed by atoms with Gasteiger partial charge in [-0.15, -0.1) is 0 Å². The third-order valence-electron chi connectivity index (χ3n) is 3.35. The number of rotatable bonds is 4. The summed E-state index contributed by atoms with van der Waals surface area (Å²) in [6.07, 6.45) is 1.63. The Balaban J connectivity index is 2.07. The van der Waals surface area contributed by atoms with Gasteiger partial charge >= 0.3 is 0 Å². The second-order valence-electron chi connectivity index (χ2n) is 4.61. The van der Waals surface area contributed by atoms with Crippen molar-refractivity contribution in [3.8, 4) is 5.75 Å². The van der Waals surface area contributed by atoms with Gasteiger partial charge in [-0.05, 0) is 48.4 Å². The first-order chi connectivity index (χ1) is 7.61. The maximum atomic E-state index is 10.0. The van der Waals surface area contributed by atoms with E-state index in [1.54, 1.807) is 7.11 Å². The molecule has 0 radical (unpaired) electrons. The first-order valence-corrected chi connectivity index (χ1v) is 6.41. The molecule has 0 aromatic heterocycles. The van der Waals surface area contributed by atoms with Crippen LogP contribution in [-0.2, 0) is 6.42 Å². The number of hydrogen-bond acceptors (Lipinski definition) is 2. The van der Waals surface area contributed by atoms with Crippen molar-refractivity contribution in [3.63, 3.8) is 0 Å². The van der Waals surface area contributed by atoms with Crippen molar-refractivity contribution < 1.29 is 9.84 Å². The number of ether oxygens (including phenoxy) is 1. The van der Waals surface area contributed by atoms with Crippen LogP contribution in [0.15, 0.2) is 22.7 Å². The van der Waals surface area contributed by atoms with E-state index < -0.39 is 0 Å². The van der Waals surface area contributed by atoms with Crippen molar-refractivity contribution in [1.82, 2.24) is 0 Å². The van der Waals surface area contributed by atoms with Crippen molar-refractivity contribution >= 4 is 15.9 Å². The van der Waals surface area contributed by atoms with Gasteiger partial charge in [-0.3, -0.25) is 0 Å². The van der Waals surface area contributed by atoms with Gasteiger partial charge in [-0.2, -0.15) is 0 Å². The monoisotopic (exact) mass is 284 g/mol. The Morgan fingerprint density at radius 2 is 2.25 bits per heavy atom. The van der Waals surface area contributed by atoms with Crippen molar-refractivity contribution in [1.29, 1.82) is 0 Å². The molecule has 0 spiro atoms. The molecule has 88 valence electrons.